The molecule has 0 amide bonds. The summed E-state index contributed by atoms with van der Waals surface area (Å²) in [6.07, 6.45) is 1.45. The van der Waals surface area contributed by atoms with Crippen LogP contribution in [0.25, 0.3) is 0 Å². The van der Waals surface area contributed by atoms with Crippen LogP contribution in [0.15, 0.2) is 52.0 Å². The highest BCUT2D eigenvalue weighted by molar-refractivity contribution is 7.89. The molecular weight excluding hydrogens is 282 g/mol. The Morgan fingerprint density at radius 2 is 2.05 bits per heavy atom. The summed E-state index contributed by atoms with van der Waals surface area (Å²) in [4.78, 5) is 10.8. The molecular formula is C13H13NO5S. The molecule has 20 heavy (non-hydrogen) atoms. The largest absolute Gasteiger partial charge is 0.478 e. The molecule has 106 valence electrons. The minimum atomic E-state index is -3.81. The Bertz CT molecular complexity index is 706. The second-order valence-electron chi connectivity index (χ2n) is 4.19. The molecule has 0 fully saturated rings. The quantitative estimate of drug-likeness (QED) is 0.879. The smallest absolute Gasteiger partial charge is 0.335 e. The van der Waals surface area contributed by atoms with Gasteiger partial charge in [-0.05, 0) is 37.3 Å². The number of furan rings is 1. The maximum Gasteiger partial charge on any atom is 0.335 e. The van der Waals surface area contributed by atoms with Gasteiger partial charge in [-0.1, -0.05) is 6.07 Å². The fourth-order valence-corrected chi connectivity index (χ4v) is 2.95. The molecule has 0 radical (unpaired) electrons. The highest BCUT2D eigenvalue weighted by Gasteiger charge is 2.20. The van der Waals surface area contributed by atoms with Gasteiger partial charge in [0.15, 0.2) is 0 Å². The molecule has 0 spiro atoms. The lowest BCUT2D eigenvalue weighted by atomic mass is 10.2. The zero-order valence-electron chi connectivity index (χ0n) is 10.6. The number of carboxylic acids is 1. The van der Waals surface area contributed by atoms with Crippen LogP contribution in [-0.4, -0.2) is 19.5 Å². The first kappa shape index (κ1) is 14.3. The molecule has 0 saturated heterocycles. The summed E-state index contributed by atoms with van der Waals surface area (Å²) in [6, 6.07) is 7.92. The Morgan fingerprint density at radius 1 is 1.30 bits per heavy atom. The van der Waals surface area contributed by atoms with E-state index in [4.69, 9.17) is 9.52 Å². The van der Waals surface area contributed by atoms with E-state index in [0.29, 0.717) is 5.76 Å². The van der Waals surface area contributed by atoms with E-state index in [1.165, 1.54) is 24.5 Å². The van der Waals surface area contributed by atoms with Crippen molar-refractivity contribution in [2.45, 2.75) is 17.9 Å². The molecule has 2 rings (SSSR count). The number of nitrogens with one attached hydrogen (secondary N) is 1. The molecule has 2 N–H and O–H groups in total. The summed E-state index contributed by atoms with van der Waals surface area (Å²) < 4.78 is 31.9. The minimum absolute atomic E-state index is 0.0847. The number of benzene rings is 1. The summed E-state index contributed by atoms with van der Waals surface area (Å²) in [5.74, 6) is -0.705. The van der Waals surface area contributed by atoms with Crippen LogP contribution in [0.5, 0.6) is 0 Å². The van der Waals surface area contributed by atoms with Gasteiger partial charge in [0.05, 0.1) is 22.8 Å². The number of carbonyl (C=O) groups is 1. The van der Waals surface area contributed by atoms with Gasteiger partial charge in [0.1, 0.15) is 5.76 Å². The summed E-state index contributed by atoms with van der Waals surface area (Å²) in [6.45, 7) is 1.64. The van der Waals surface area contributed by atoms with Crippen molar-refractivity contribution in [1.82, 2.24) is 4.72 Å². The van der Waals surface area contributed by atoms with Gasteiger partial charge >= 0.3 is 5.97 Å². The molecule has 1 heterocycles. The Kier molecular flexibility index (Phi) is 3.91. The monoisotopic (exact) mass is 295 g/mol. The van der Waals surface area contributed by atoms with Crippen molar-refractivity contribution in [3.05, 3.63) is 54.0 Å². The van der Waals surface area contributed by atoms with Crippen molar-refractivity contribution in [2.24, 2.45) is 0 Å². The van der Waals surface area contributed by atoms with Crippen LogP contribution in [0.2, 0.25) is 0 Å². The second kappa shape index (κ2) is 5.48. The van der Waals surface area contributed by atoms with Gasteiger partial charge in [-0.15, -0.1) is 0 Å². The average Bonchev–Trinajstić information content (AvgIpc) is 2.92. The van der Waals surface area contributed by atoms with Crippen molar-refractivity contribution in [3.8, 4) is 0 Å². The van der Waals surface area contributed by atoms with E-state index >= 15 is 0 Å². The Labute approximate surface area is 116 Å². The predicted molar refractivity (Wildman–Crippen MR) is 70.8 cm³/mol. The first-order valence-corrected chi connectivity index (χ1v) is 7.27. The van der Waals surface area contributed by atoms with Gasteiger partial charge in [0.25, 0.3) is 0 Å². The van der Waals surface area contributed by atoms with E-state index in [1.807, 2.05) is 0 Å². The summed E-state index contributed by atoms with van der Waals surface area (Å²) in [5, 5.41) is 8.88. The maximum absolute atomic E-state index is 12.2. The third-order valence-electron chi connectivity index (χ3n) is 2.69. The third kappa shape index (κ3) is 3.06. The van der Waals surface area contributed by atoms with Crippen molar-refractivity contribution in [2.75, 3.05) is 0 Å². The van der Waals surface area contributed by atoms with Crippen molar-refractivity contribution in [3.63, 3.8) is 0 Å². The topological polar surface area (TPSA) is 96.6 Å². The second-order valence-corrected chi connectivity index (χ2v) is 5.91. The molecule has 6 nitrogen and oxygen atoms in total. The molecule has 1 atom stereocenters. The number of hydrogen-bond donors (Lipinski definition) is 2. The zero-order chi connectivity index (χ0) is 14.8. The molecule has 1 aromatic heterocycles. The van der Waals surface area contributed by atoms with E-state index in [0.717, 1.165) is 6.07 Å². The summed E-state index contributed by atoms with van der Waals surface area (Å²) in [5.41, 5.74) is -0.0847. The molecule has 0 aliphatic heterocycles. The highest BCUT2D eigenvalue weighted by Crippen LogP contribution is 2.18. The van der Waals surface area contributed by atoms with E-state index in [9.17, 15) is 13.2 Å². The molecule has 7 heteroatoms. The standard InChI is InChI=1S/C13H13NO5S/c1-9(12-6-3-7-19-12)14-20(17,18)11-5-2-4-10(8-11)13(15)16/h2-9,14H,1H3,(H,15,16). The predicted octanol–water partition coefficient (Wildman–Crippen LogP) is 2.02. The number of rotatable bonds is 5. The lowest BCUT2D eigenvalue weighted by molar-refractivity contribution is 0.0696. The van der Waals surface area contributed by atoms with Gasteiger partial charge < -0.3 is 9.52 Å². The van der Waals surface area contributed by atoms with Crippen LogP contribution < -0.4 is 4.72 Å². The molecule has 0 aliphatic carbocycles. The van der Waals surface area contributed by atoms with Gasteiger partial charge in [-0.25, -0.2) is 17.9 Å². The molecule has 1 unspecified atom stereocenters. The fraction of sp³-hybridized carbons (Fsp3) is 0.154. The number of aromatic carboxylic acids is 1. The SMILES string of the molecule is CC(NS(=O)(=O)c1cccc(C(=O)O)c1)c1ccco1. The number of carboxylic acid groups (broad SMARTS) is 1. The van der Waals surface area contributed by atoms with Gasteiger partial charge in [0, 0.05) is 0 Å². The van der Waals surface area contributed by atoms with E-state index < -0.39 is 22.0 Å². The van der Waals surface area contributed by atoms with Crippen molar-refractivity contribution < 1.29 is 22.7 Å². The van der Waals surface area contributed by atoms with Crippen LogP contribution >= 0.6 is 0 Å². The normalized spacial score (nSPS) is 13.1. The maximum atomic E-state index is 12.2. The zero-order valence-corrected chi connectivity index (χ0v) is 11.4. The van der Waals surface area contributed by atoms with Crippen molar-refractivity contribution >= 4 is 16.0 Å². The number of sulfonamides is 1. The molecule has 0 saturated carbocycles. The van der Waals surface area contributed by atoms with Crippen LogP contribution in [-0.2, 0) is 10.0 Å². The molecule has 0 bridgehead atoms. The Balaban J connectivity index is 2.26. The highest BCUT2D eigenvalue weighted by atomic mass is 32.2. The van der Waals surface area contributed by atoms with Crippen LogP contribution in [0, 0.1) is 0 Å². The van der Waals surface area contributed by atoms with Gasteiger partial charge in [-0.3, -0.25) is 0 Å². The average molecular weight is 295 g/mol. The minimum Gasteiger partial charge on any atom is -0.478 e. The van der Waals surface area contributed by atoms with Crippen LogP contribution in [0.4, 0.5) is 0 Å². The van der Waals surface area contributed by atoms with Crippen LogP contribution in [0.1, 0.15) is 29.1 Å². The van der Waals surface area contributed by atoms with Crippen molar-refractivity contribution in [1.29, 1.82) is 0 Å². The van der Waals surface area contributed by atoms with Crippen LogP contribution in [0.3, 0.4) is 0 Å². The molecule has 1 aromatic carbocycles. The Hall–Kier alpha value is -2.12. The lowest BCUT2D eigenvalue weighted by Crippen LogP contribution is -2.26. The molecule has 0 aliphatic rings. The van der Waals surface area contributed by atoms with E-state index in [2.05, 4.69) is 4.72 Å². The Morgan fingerprint density at radius 3 is 2.65 bits per heavy atom. The lowest BCUT2D eigenvalue weighted by Gasteiger charge is -2.12. The van der Waals surface area contributed by atoms with E-state index in [1.54, 1.807) is 19.1 Å². The molecule has 2 aromatic rings. The first-order valence-electron chi connectivity index (χ1n) is 5.79. The fourth-order valence-electron chi connectivity index (χ4n) is 1.69. The first-order chi connectivity index (χ1) is 9.40. The number of hydrogen-bond acceptors (Lipinski definition) is 4. The third-order valence-corrected chi connectivity index (χ3v) is 4.23. The van der Waals surface area contributed by atoms with E-state index in [-0.39, 0.29) is 10.5 Å². The summed E-state index contributed by atoms with van der Waals surface area (Å²) >= 11 is 0. The summed E-state index contributed by atoms with van der Waals surface area (Å²) in [7, 11) is -3.81. The van der Waals surface area contributed by atoms with Gasteiger partial charge in [-0.2, -0.15) is 0 Å². The van der Waals surface area contributed by atoms with Gasteiger partial charge in [0.2, 0.25) is 10.0 Å².